The predicted molar refractivity (Wildman–Crippen MR) is 70.6 cm³/mol. The molecular formula is C12H16N2O4S. The molecule has 1 aromatic heterocycles. The van der Waals surface area contributed by atoms with Crippen LogP contribution in [0.25, 0.3) is 0 Å². The van der Waals surface area contributed by atoms with Crippen molar-refractivity contribution in [2.24, 2.45) is 5.73 Å². The van der Waals surface area contributed by atoms with E-state index in [2.05, 4.69) is 5.32 Å². The van der Waals surface area contributed by atoms with Gasteiger partial charge in [0.2, 0.25) is 11.8 Å². The van der Waals surface area contributed by atoms with Gasteiger partial charge in [0.15, 0.2) is 0 Å². The van der Waals surface area contributed by atoms with E-state index in [0.717, 1.165) is 6.42 Å². The third-order valence-electron chi connectivity index (χ3n) is 2.45. The largest absolute Gasteiger partial charge is 0.480 e. The molecule has 19 heavy (non-hydrogen) atoms. The van der Waals surface area contributed by atoms with Gasteiger partial charge in [-0.05, 0) is 24.3 Å². The van der Waals surface area contributed by atoms with E-state index in [9.17, 15) is 14.4 Å². The highest BCUT2D eigenvalue weighted by molar-refractivity contribution is 7.09. The first-order chi connectivity index (χ1) is 8.99. The molecule has 0 spiro atoms. The Morgan fingerprint density at radius 2 is 2.16 bits per heavy atom. The summed E-state index contributed by atoms with van der Waals surface area (Å²) in [4.78, 5) is 34.2. The molecule has 0 radical (unpaired) electrons. The maximum atomic E-state index is 11.5. The minimum atomic E-state index is -1.26. The first kappa shape index (κ1) is 15.2. The fraction of sp³-hybridized carbons (Fsp3) is 0.417. The fourth-order valence-corrected chi connectivity index (χ4v) is 2.30. The van der Waals surface area contributed by atoms with Crippen LogP contribution in [0.4, 0.5) is 0 Å². The summed E-state index contributed by atoms with van der Waals surface area (Å²) in [5.41, 5.74) is 4.92. The molecular weight excluding hydrogens is 268 g/mol. The molecule has 0 fully saturated rings. The van der Waals surface area contributed by atoms with Crippen LogP contribution in [0.3, 0.4) is 0 Å². The topological polar surface area (TPSA) is 109 Å². The van der Waals surface area contributed by atoms with Gasteiger partial charge in [-0.1, -0.05) is 6.07 Å². The average molecular weight is 284 g/mol. The highest BCUT2D eigenvalue weighted by Gasteiger charge is 2.21. The molecule has 0 aromatic carbocycles. The van der Waals surface area contributed by atoms with Gasteiger partial charge in [0.1, 0.15) is 6.04 Å². The van der Waals surface area contributed by atoms with Crippen molar-refractivity contribution in [3.05, 3.63) is 22.4 Å². The lowest BCUT2D eigenvalue weighted by atomic mass is 10.1. The van der Waals surface area contributed by atoms with Gasteiger partial charge in [-0.15, -0.1) is 11.3 Å². The lowest BCUT2D eigenvalue weighted by Gasteiger charge is -2.12. The van der Waals surface area contributed by atoms with Crippen LogP contribution in [0, 0.1) is 0 Å². The molecule has 104 valence electrons. The first-order valence-corrected chi connectivity index (χ1v) is 6.70. The van der Waals surface area contributed by atoms with Crippen molar-refractivity contribution in [3.8, 4) is 0 Å². The molecule has 0 bridgehead atoms. The molecule has 1 aromatic rings. The van der Waals surface area contributed by atoms with Crippen molar-refractivity contribution in [1.29, 1.82) is 0 Å². The number of carbonyl (C=O) groups is 3. The van der Waals surface area contributed by atoms with E-state index in [4.69, 9.17) is 10.8 Å². The van der Waals surface area contributed by atoms with E-state index < -0.39 is 24.3 Å². The predicted octanol–water partition coefficient (Wildman–Crippen LogP) is 0.516. The Kier molecular flexibility index (Phi) is 6.01. The number of thiophene rings is 1. The third kappa shape index (κ3) is 6.01. The maximum Gasteiger partial charge on any atom is 0.326 e. The minimum Gasteiger partial charge on any atom is -0.480 e. The highest BCUT2D eigenvalue weighted by Crippen LogP contribution is 2.11. The molecule has 1 atom stereocenters. The molecule has 0 aliphatic heterocycles. The number of aliphatic carboxylic acids is 1. The van der Waals surface area contributed by atoms with Crippen LogP contribution < -0.4 is 11.1 Å². The van der Waals surface area contributed by atoms with Crippen LogP contribution in [-0.2, 0) is 20.8 Å². The second kappa shape index (κ2) is 7.52. The van der Waals surface area contributed by atoms with Gasteiger partial charge >= 0.3 is 5.97 Å². The average Bonchev–Trinajstić information content (AvgIpc) is 2.80. The van der Waals surface area contributed by atoms with Gasteiger partial charge in [-0.2, -0.15) is 0 Å². The quantitative estimate of drug-likeness (QED) is 0.646. The molecule has 1 heterocycles. The Morgan fingerprint density at radius 1 is 1.42 bits per heavy atom. The van der Waals surface area contributed by atoms with Gasteiger partial charge in [0, 0.05) is 11.3 Å². The van der Waals surface area contributed by atoms with Crippen molar-refractivity contribution in [2.45, 2.75) is 31.7 Å². The fourth-order valence-electron chi connectivity index (χ4n) is 1.55. The number of primary amides is 1. The molecule has 1 unspecified atom stereocenters. The SMILES string of the molecule is NC(=O)CC(NC(=O)CCCc1cccs1)C(=O)O. The van der Waals surface area contributed by atoms with Crippen LogP contribution in [0.5, 0.6) is 0 Å². The molecule has 0 saturated heterocycles. The Bertz CT molecular complexity index is 445. The number of nitrogens with two attached hydrogens (primary N) is 1. The van der Waals surface area contributed by atoms with E-state index in [1.165, 1.54) is 4.88 Å². The van der Waals surface area contributed by atoms with Gasteiger partial charge in [-0.25, -0.2) is 4.79 Å². The zero-order valence-corrected chi connectivity index (χ0v) is 11.1. The van der Waals surface area contributed by atoms with Gasteiger partial charge in [-0.3, -0.25) is 9.59 Å². The van der Waals surface area contributed by atoms with Crippen molar-refractivity contribution in [3.63, 3.8) is 0 Å². The van der Waals surface area contributed by atoms with Gasteiger partial charge < -0.3 is 16.2 Å². The summed E-state index contributed by atoms with van der Waals surface area (Å²) in [6.45, 7) is 0. The summed E-state index contributed by atoms with van der Waals surface area (Å²) >= 11 is 1.61. The number of carboxylic acids is 1. The molecule has 7 heteroatoms. The molecule has 0 aliphatic rings. The maximum absolute atomic E-state index is 11.5. The Hall–Kier alpha value is -1.89. The summed E-state index contributed by atoms with van der Waals surface area (Å²) in [7, 11) is 0. The molecule has 1 rings (SSSR count). The van der Waals surface area contributed by atoms with Crippen molar-refractivity contribution in [2.75, 3.05) is 0 Å². The summed E-state index contributed by atoms with van der Waals surface area (Å²) in [6.07, 6.45) is 1.24. The van der Waals surface area contributed by atoms with E-state index in [0.29, 0.717) is 6.42 Å². The Labute approximate surface area is 114 Å². The molecule has 4 N–H and O–H groups in total. The monoisotopic (exact) mass is 284 g/mol. The highest BCUT2D eigenvalue weighted by atomic mass is 32.1. The van der Waals surface area contributed by atoms with Crippen LogP contribution in [0.1, 0.15) is 24.1 Å². The Morgan fingerprint density at radius 3 is 2.68 bits per heavy atom. The first-order valence-electron chi connectivity index (χ1n) is 5.82. The standard InChI is InChI=1S/C12H16N2O4S/c13-10(15)7-9(12(17)18)14-11(16)5-1-3-8-4-2-6-19-8/h2,4,6,9H,1,3,5,7H2,(H2,13,15)(H,14,16)(H,17,18). The van der Waals surface area contributed by atoms with Crippen LogP contribution in [0.2, 0.25) is 0 Å². The number of aryl methyl sites for hydroxylation is 1. The number of amides is 2. The van der Waals surface area contributed by atoms with E-state index in [1.807, 2.05) is 17.5 Å². The Balaban J connectivity index is 2.32. The minimum absolute atomic E-state index is 0.223. The van der Waals surface area contributed by atoms with Crippen molar-refractivity contribution >= 4 is 29.1 Å². The summed E-state index contributed by atoms with van der Waals surface area (Å²) in [5, 5.41) is 13.1. The normalized spacial score (nSPS) is 11.8. The van der Waals surface area contributed by atoms with E-state index >= 15 is 0 Å². The third-order valence-corrected chi connectivity index (χ3v) is 3.38. The number of rotatable bonds is 8. The molecule has 0 saturated carbocycles. The number of carboxylic acid groups (broad SMARTS) is 1. The van der Waals surface area contributed by atoms with Crippen molar-refractivity contribution in [1.82, 2.24) is 5.32 Å². The smallest absolute Gasteiger partial charge is 0.326 e. The van der Waals surface area contributed by atoms with E-state index in [1.54, 1.807) is 11.3 Å². The molecule has 6 nitrogen and oxygen atoms in total. The van der Waals surface area contributed by atoms with Crippen LogP contribution in [-0.4, -0.2) is 28.9 Å². The second-order valence-electron chi connectivity index (χ2n) is 4.06. The number of hydrogen-bond donors (Lipinski definition) is 3. The number of carbonyl (C=O) groups excluding carboxylic acids is 2. The summed E-state index contributed by atoms with van der Waals surface area (Å²) < 4.78 is 0. The zero-order valence-electron chi connectivity index (χ0n) is 10.3. The molecule has 2 amide bonds. The lowest BCUT2D eigenvalue weighted by Crippen LogP contribution is -2.43. The van der Waals surface area contributed by atoms with Gasteiger partial charge in [0.25, 0.3) is 0 Å². The number of nitrogens with one attached hydrogen (secondary N) is 1. The van der Waals surface area contributed by atoms with Crippen molar-refractivity contribution < 1.29 is 19.5 Å². The second-order valence-corrected chi connectivity index (χ2v) is 5.09. The van der Waals surface area contributed by atoms with Crippen LogP contribution in [0.15, 0.2) is 17.5 Å². The molecule has 0 aliphatic carbocycles. The van der Waals surface area contributed by atoms with Crippen LogP contribution >= 0.6 is 11.3 Å². The summed E-state index contributed by atoms with van der Waals surface area (Å²) in [5.74, 6) is -2.40. The number of hydrogen-bond acceptors (Lipinski definition) is 4. The zero-order chi connectivity index (χ0) is 14.3. The lowest BCUT2D eigenvalue weighted by molar-refractivity contribution is -0.143. The van der Waals surface area contributed by atoms with Gasteiger partial charge in [0.05, 0.1) is 6.42 Å². The summed E-state index contributed by atoms with van der Waals surface area (Å²) in [6, 6.07) is 2.68. The van der Waals surface area contributed by atoms with E-state index in [-0.39, 0.29) is 12.3 Å².